The van der Waals surface area contributed by atoms with Gasteiger partial charge in [0.2, 0.25) is 5.89 Å². The molecule has 0 spiro atoms. The fraction of sp³-hybridized carbons (Fsp3) is 0.500. The van der Waals surface area contributed by atoms with E-state index < -0.39 is 52.7 Å². The van der Waals surface area contributed by atoms with Gasteiger partial charge in [-0.1, -0.05) is 10.3 Å². The lowest BCUT2D eigenvalue weighted by Gasteiger charge is -2.27. The topological polar surface area (TPSA) is 131 Å². The number of rotatable bonds is 3. The molecule has 1 fully saturated rings. The van der Waals surface area contributed by atoms with Crippen LogP contribution < -0.4 is 0 Å². The Bertz CT molecular complexity index is 831. The van der Waals surface area contributed by atoms with E-state index in [-0.39, 0.29) is 12.4 Å². The molecule has 10 nitrogen and oxygen atoms in total. The van der Waals surface area contributed by atoms with Gasteiger partial charge in [-0.25, -0.2) is 0 Å². The van der Waals surface area contributed by atoms with E-state index in [1.165, 1.54) is 6.92 Å². The number of hydrogen-bond donors (Lipinski definition) is 1. The largest absolute Gasteiger partial charge is 0.405 e. The maximum Gasteiger partial charge on any atom is 0.405 e. The third kappa shape index (κ3) is 2.60. The van der Waals surface area contributed by atoms with Crippen LogP contribution in [0.1, 0.15) is 28.5 Å². The van der Waals surface area contributed by atoms with Crippen molar-refractivity contribution in [2.24, 2.45) is 0 Å². The summed E-state index contributed by atoms with van der Waals surface area (Å²) in [5.41, 5.74) is -2.92. The number of aryl methyl sites for hydroxylation is 1. The number of alkyl halides is 3. The van der Waals surface area contributed by atoms with Crippen molar-refractivity contribution in [3.05, 3.63) is 33.6 Å². The molecule has 25 heavy (non-hydrogen) atoms. The predicted molar refractivity (Wildman–Crippen MR) is 72.5 cm³/mol. The smallest absolute Gasteiger partial charge is 0.358 e. The van der Waals surface area contributed by atoms with Crippen molar-refractivity contribution in [2.75, 3.05) is 13.1 Å². The highest BCUT2D eigenvalue weighted by Gasteiger charge is 2.63. The van der Waals surface area contributed by atoms with Gasteiger partial charge in [0, 0.05) is 13.1 Å². The first-order valence-corrected chi connectivity index (χ1v) is 7.00. The van der Waals surface area contributed by atoms with E-state index in [0.717, 1.165) is 11.1 Å². The van der Waals surface area contributed by atoms with Gasteiger partial charge in [-0.05, 0) is 18.3 Å². The molecule has 13 heteroatoms. The summed E-state index contributed by atoms with van der Waals surface area (Å²) in [6, 6.07) is 0. The number of halogens is 3. The second-order valence-electron chi connectivity index (χ2n) is 5.59. The van der Waals surface area contributed by atoms with Crippen molar-refractivity contribution in [1.82, 2.24) is 25.2 Å². The number of amides is 1. The number of carbonyl (C=O) groups is 1. The van der Waals surface area contributed by atoms with Crippen LogP contribution in [0.2, 0.25) is 0 Å². The summed E-state index contributed by atoms with van der Waals surface area (Å²) in [4.78, 5) is 26.9. The fourth-order valence-corrected chi connectivity index (χ4v) is 2.75. The molecule has 1 atom stereocenters. The number of aromatic amines is 1. The van der Waals surface area contributed by atoms with Gasteiger partial charge in [0.1, 0.15) is 0 Å². The minimum atomic E-state index is -4.75. The lowest BCUT2D eigenvalue weighted by Crippen LogP contribution is -2.46. The molecule has 2 aromatic rings. The molecule has 0 saturated carbocycles. The molecule has 1 aliphatic heterocycles. The van der Waals surface area contributed by atoms with E-state index in [9.17, 15) is 28.1 Å². The number of carbonyl (C=O) groups excluding carboxylic acids is 1. The SMILES string of the molecule is Cc1noc(C2(C(F)(F)F)CCN(C(=O)c3cn[nH]c3[N+](=O)[O-])C2)n1. The number of aromatic nitrogens is 4. The second kappa shape index (κ2) is 5.53. The van der Waals surface area contributed by atoms with Crippen LogP contribution in [-0.4, -0.2) is 55.3 Å². The summed E-state index contributed by atoms with van der Waals surface area (Å²) in [6.07, 6.45) is -4.33. The first kappa shape index (κ1) is 16.9. The van der Waals surface area contributed by atoms with E-state index in [1.54, 1.807) is 0 Å². The highest BCUT2D eigenvalue weighted by atomic mass is 19.4. The van der Waals surface area contributed by atoms with Gasteiger partial charge in [0.15, 0.2) is 16.8 Å². The third-order valence-electron chi connectivity index (χ3n) is 4.07. The molecule has 1 amide bonds. The van der Waals surface area contributed by atoms with Crippen LogP contribution in [-0.2, 0) is 5.41 Å². The Morgan fingerprint density at radius 3 is 2.80 bits per heavy atom. The van der Waals surface area contributed by atoms with Crippen molar-refractivity contribution in [2.45, 2.75) is 24.9 Å². The van der Waals surface area contributed by atoms with Gasteiger partial charge < -0.3 is 19.5 Å². The molecule has 0 radical (unpaired) electrons. The van der Waals surface area contributed by atoms with Crippen molar-refractivity contribution in [3.8, 4) is 0 Å². The average Bonchev–Trinajstić information content (AvgIpc) is 3.24. The minimum absolute atomic E-state index is 0.0360. The zero-order chi connectivity index (χ0) is 18.4. The Balaban J connectivity index is 1.94. The normalized spacial score (nSPS) is 20.9. The van der Waals surface area contributed by atoms with Gasteiger partial charge in [-0.3, -0.25) is 4.79 Å². The van der Waals surface area contributed by atoms with E-state index in [4.69, 9.17) is 4.52 Å². The Kier molecular flexibility index (Phi) is 3.73. The molecular formula is C12H11F3N6O4. The Labute approximate surface area is 137 Å². The predicted octanol–water partition coefficient (Wildman–Crippen LogP) is 1.36. The summed E-state index contributed by atoms with van der Waals surface area (Å²) in [6.45, 7) is 0.325. The Morgan fingerprint density at radius 1 is 1.52 bits per heavy atom. The van der Waals surface area contributed by atoms with E-state index in [0.29, 0.717) is 0 Å². The lowest BCUT2D eigenvalue weighted by atomic mass is 9.86. The summed E-state index contributed by atoms with van der Waals surface area (Å²) in [7, 11) is 0. The molecule has 3 heterocycles. The van der Waals surface area contributed by atoms with E-state index >= 15 is 0 Å². The quantitative estimate of drug-likeness (QED) is 0.645. The van der Waals surface area contributed by atoms with Crippen LogP contribution in [0, 0.1) is 17.0 Å². The molecule has 0 aromatic carbocycles. The van der Waals surface area contributed by atoms with Gasteiger partial charge in [-0.15, -0.1) is 5.10 Å². The number of nitrogens with zero attached hydrogens (tertiary/aromatic N) is 5. The van der Waals surface area contributed by atoms with Crippen molar-refractivity contribution in [1.29, 1.82) is 0 Å². The minimum Gasteiger partial charge on any atom is -0.358 e. The summed E-state index contributed by atoms with van der Waals surface area (Å²) < 4.78 is 45.8. The van der Waals surface area contributed by atoms with Crippen molar-refractivity contribution in [3.63, 3.8) is 0 Å². The van der Waals surface area contributed by atoms with Crippen LogP contribution >= 0.6 is 0 Å². The number of nitrogens with one attached hydrogen (secondary N) is 1. The molecule has 1 aliphatic rings. The van der Waals surface area contributed by atoms with Gasteiger partial charge >= 0.3 is 12.0 Å². The third-order valence-corrected chi connectivity index (χ3v) is 4.07. The molecule has 0 aliphatic carbocycles. The molecule has 134 valence electrons. The van der Waals surface area contributed by atoms with E-state index in [1.807, 2.05) is 5.10 Å². The summed E-state index contributed by atoms with van der Waals surface area (Å²) in [5.74, 6) is -2.20. The maximum absolute atomic E-state index is 13.7. The first-order valence-electron chi connectivity index (χ1n) is 7.00. The highest BCUT2D eigenvalue weighted by Crippen LogP contribution is 2.47. The number of likely N-dealkylation sites (tertiary alicyclic amines) is 1. The molecule has 1 saturated heterocycles. The molecule has 1 N–H and O–H groups in total. The molecule has 0 bridgehead atoms. The highest BCUT2D eigenvalue weighted by molar-refractivity contribution is 5.97. The molecule has 2 aromatic heterocycles. The molecule has 1 unspecified atom stereocenters. The van der Waals surface area contributed by atoms with Gasteiger partial charge in [0.25, 0.3) is 5.91 Å². The monoisotopic (exact) mass is 360 g/mol. The zero-order valence-electron chi connectivity index (χ0n) is 12.7. The van der Waals surface area contributed by atoms with Crippen LogP contribution in [0.4, 0.5) is 19.0 Å². The van der Waals surface area contributed by atoms with Gasteiger partial charge in [-0.2, -0.15) is 18.2 Å². The number of hydrogen-bond acceptors (Lipinski definition) is 7. The molecular weight excluding hydrogens is 349 g/mol. The molecule has 3 rings (SSSR count). The number of H-pyrrole nitrogens is 1. The summed E-state index contributed by atoms with van der Waals surface area (Å²) in [5, 5.41) is 19.7. The van der Waals surface area contributed by atoms with E-state index in [2.05, 4.69) is 15.2 Å². The maximum atomic E-state index is 13.7. The summed E-state index contributed by atoms with van der Waals surface area (Å²) >= 11 is 0. The standard InChI is InChI=1S/C12H11F3N6O4/c1-6-17-10(25-19-6)11(12(13,14)15)2-3-20(5-11)9(22)7-4-16-18-8(7)21(23)24/h4H,2-3,5H2,1H3,(H,16,18). The first-order chi connectivity index (χ1) is 11.7. The van der Waals surface area contributed by atoms with Crippen molar-refractivity contribution >= 4 is 11.7 Å². The van der Waals surface area contributed by atoms with Crippen molar-refractivity contribution < 1.29 is 27.4 Å². The van der Waals surface area contributed by atoms with Crippen LogP contribution in [0.15, 0.2) is 10.7 Å². The van der Waals surface area contributed by atoms with Crippen LogP contribution in [0.3, 0.4) is 0 Å². The zero-order valence-corrected chi connectivity index (χ0v) is 12.7. The van der Waals surface area contributed by atoms with Crippen LogP contribution in [0.25, 0.3) is 0 Å². The Hall–Kier alpha value is -2.99. The number of nitro groups is 1. The Morgan fingerprint density at radius 2 is 2.24 bits per heavy atom. The fourth-order valence-electron chi connectivity index (χ4n) is 2.75. The second-order valence-corrected chi connectivity index (χ2v) is 5.59. The average molecular weight is 360 g/mol. The lowest BCUT2D eigenvalue weighted by molar-refractivity contribution is -0.389. The van der Waals surface area contributed by atoms with Gasteiger partial charge in [0.05, 0.1) is 6.20 Å². The van der Waals surface area contributed by atoms with Crippen LogP contribution in [0.5, 0.6) is 0 Å².